The minimum atomic E-state index is 0.785. The second-order valence-electron chi connectivity index (χ2n) is 4.41. The fourth-order valence-electron chi connectivity index (χ4n) is 1.94. The van der Waals surface area contributed by atoms with E-state index in [0.717, 1.165) is 33.1 Å². The molecule has 0 saturated carbocycles. The highest BCUT2D eigenvalue weighted by atomic mass is 79.9. The van der Waals surface area contributed by atoms with Crippen molar-refractivity contribution in [2.24, 2.45) is 0 Å². The van der Waals surface area contributed by atoms with Crippen LogP contribution in [0.2, 0.25) is 0 Å². The lowest BCUT2D eigenvalue weighted by Crippen LogP contribution is -2.06. The van der Waals surface area contributed by atoms with Crippen molar-refractivity contribution in [1.82, 2.24) is 14.6 Å². The van der Waals surface area contributed by atoms with Crippen LogP contribution in [0.4, 0.5) is 5.82 Å². The fraction of sp³-hybridized carbons (Fsp3) is 0.231. The standard InChI is InChI=1S/C13H13BrN4S/c1-8-6-16-18-12(5-9(2)17-13(8)18)15-7-10-3-4-11(14)19-10/h3-6,15H,7H2,1-2H3. The molecule has 3 aromatic heterocycles. The Bertz CT molecular complexity index is 731. The summed E-state index contributed by atoms with van der Waals surface area (Å²) in [7, 11) is 0. The van der Waals surface area contributed by atoms with Crippen LogP contribution in [0, 0.1) is 13.8 Å². The average molecular weight is 337 g/mol. The lowest BCUT2D eigenvalue weighted by atomic mass is 10.3. The SMILES string of the molecule is Cc1cc(NCc2ccc(Br)s2)n2ncc(C)c2n1. The Balaban J connectivity index is 1.92. The molecule has 0 fully saturated rings. The van der Waals surface area contributed by atoms with E-state index in [2.05, 4.69) is 43.5 Å². The van der Waals surface area contributed by atoms with Gasteiger partial charge in [0.05, 0.1) is 16.5 Å². The Morgan fingerprint density at radius 2 is 2.21 bits per heavy atom. The van der Waals surface area contributed by atoms with Crippen molar-refractivity contribution < 1.29 is 0 Å². The lowest BCUT2D eigenvalue weighted by Gasteiger charge is -2.08. The highest BCUT2D eigenvalue weighted by Crippen LogP contribution is 2.23. The molecule has 3 rings (SSSR count). The lowest BCUT2D eigenvalue weighted by molar-refractivity contribution is 0.919. The number of fused-ring (bicyclic) bond motifs is 1. The molecule has 0 spiro atoms. The van der Waals surface area contributed by atoms with E-state index in [9.17, 15) is 0 Å². The Kier molecular flexibility index (Phi) is 3.28. The molecule has 0 aliphatic carbocycles. The van der Waals surface area contributed by atoms with Crippen LogP contribution in [0.15, 0.2) is 28.2 Å². The molecule has 0 saturated heterocycles. The van der Waals surface area contributed by atoms with Crippen LogP contribution in [0.5, 0.6) is 0 Å². The molecule has 0 radical (unpaired) electrons. The summed E-state index contributed by atoms with van der Waals surface area (Å²) in [6.07, 6.45) is 1.84. The smallest absolute Gasteiger partial charge is 0.160 e. The molecular weight excluding hydrogens is 324 g/mol. The third-order valence-corrected chi connectivity index (χ3v) is 4.47. The molecule has 0 amide bonds. The van der Waals surface area contributed by atoms with Crippen molar-refractivity contribution in [2.75, 3.05) is 5.32 Å². The van der Waals surface area contributed by atoms with Gasteiger partial charge in [-0.3, -0.25) is 0 Å². The van der Waals surface area contributed by atoms with Crippen LogP contribution in [0.1, 0.15) is 16.1 Å². The van der Waals surface area contributed by atoms with Crippen molar-refractivity contribution >= 4 is 38.7 Å². The van der Waals surface area contributed by atoms with Crippen LogP contribution in [0.25, 0.3) is 5.65 Å². The van der Waals surface area contributed by atoms with Crippen molar-refractivity contribution in [3.63, 3.8) is 0 Å². The molecular formula is C13H13BrN4S. The minimum Gasteiger partial charge on any atom is -0.365 e. The number of hydrogen-bond donors (Lipinski definition) is 1. The van der Waals surface area contributed by atoms with Gasteiger partial charge in [0, 0.05) is 22.2 Å². The maximum absolute atomic E-state index is 4.51. The van der Waals surface area contributed by atoms with Crippen molar-refractivity contribution in [1.29, 1.82) is 0 Å². The van der Waals surface area contributed by atoms with Gasteiger partial charge in [0.25, 0.3) is 0 Å². The summed E-state index contributed by atoms with van der Waals surface area (Å²) in [4.78, 5) is 5.79. The Hall–Kier alpha value is -1.40. The number of aryl methyl sites for hydroxylation is 2. The number of aromatic nitrogens is 3. The molecule has 0 unspecified atom stereocenters. The number of nitrogens with one attached hydrogen (secondary N) is 1. The van der Waals surface area contributed by atoms with E-state index in [4.69, 9.17) is 0 Å². The zero-order valence-electron chi connectivity index (χ0n) is 10.6. The second kappa shape index (κ2) is 4.94. The summed E-state index contributed by atoms with van der Waals surface area (Å²) >= 11 is 5.21. The Morgan fingerprint density at radius 3 is 2.95 bits per heavy atom. The Morgan fingerprint density at radius 1 is 1.37 bits per heavy atom. The zero-order chi connectivity index (χ0) is 13.4. The van der Waals surface area contributed by atoms with Crippen LogP contribution < -0.4 is 5.32 Å². The van der Waals surface area contributed by atoms with Gasteiger partial charge in [-0.25, -0.2) is 4.98 Å². The van der Waals surface area contributed by atoms with Crippen LogP contribution >= 0.6 is 27.3 Å². The largest absolute Gasteiger partial charge is 0.365 e. The van der Waals surface area contributed by atoms with E-state index in [0.29, 0.717) is 0 Å². The minimum absolute atomic E-state index is 0.785. The van der Waals surface area contributed by atoms with Crippen LogP contribution in [0.3, 0.4) is 0 Å². The highest BCUT2D eigenvalue weighted by molar-refractivity contribution is 9.11. The van der Waals surface area contributed by atoms with E-state index in [1.54, 1.807) is 11.3 Å². The number of rotatable bonds is 3. The first-order valence-electron chi connectivity index (χ1n) is 5.93. The summed E-state index contributed by atoms with van der Waals surface area (Å²) in [5.41, 5.74) is 2.99. The Labute approximate surface area is 123 Å². The fourth-order valence-corrected chi connectivity index (χ4v) is 3.37. The third-order valence-electron chi connectivity index (χ3n) is 2.85. The van der Waals surface area contributed by atoms with Crippen molar-refractivity contribution in [2.45, 2.75) is 20.4 Å². The molecule has 0 atom stereocenters. The van der Waals surface area contributed by atoms with Crippen LogP contribution in [-0.4, -0.2) is 14.6 Å². The number of halogens is 1. The first kappa shape index (κ1) is 12.6. The number of nitrogens with zero attached hydrogens (tertiary/aromatic N) is 3. The molecule has 98 valence electrons. The molecule has 6 heteroatoms. The first-order chi connectivity index (χ1) is 9.13. The van der Waals surface area contributed by atoms with E-state index in [1.807, 2.05) is 30.6 Å². The van der Waals surface area contributed by atoms with Gasteiger partial charge in [0.2, 0.25) is 0 Å². The molecule has 1 N–H and O–H groups in total. The van der Waals surface area contributed by atoms with E-state index >= 15 is 0 Å². The van der Waals surface area contributed by atoms with Gasteiger partial charge >= 0.3 is 0 Å². The molecule has 19 heavy (non-hydrogen) atoms. The van der Waals surface area contributed by atoms with E-state index in [-0.39, 0.29) is 0 Å². The molecule has 3 heterocycles. The van der Waals surface area contributed by atoms with Gasteiger partial charge in [0.15, 0.2) is 5.65 Å². The summed E-state index contributed by atoms with van der Waals surface area (Å²) in [5, 5.41) is 7.78. The maximum Gasteiger partial charge on any atom is 0.160 e. The quantitative estimate of drug-likeness (QED) is 0.791. The first-order valence-corrected chi connectivity index (χ1v) is 7.54. The number of anilines is 1. The molecule has 0 aliphatic heterocycles. The molecule has 0 aromatic carbocycles. The number of thiophene rings is 1. The normalized spacial score (nSPS) is 11.1. The highest BCUT2D eigenvalue weighted by Gasteiger charge is 2.07. The van der Waals surface area contributed by atoms with E-state index < -0.39 is 0 Å². The monoisotopic (exact) mass is 336 g/mol. The van der Waals surface area contributed by atoms with Gasteiger partial charge in [-0.15, -0.1) is 11.3 Å². The van der Waals surface area contributed by atoms with E-state index in [1.165, 1.54) is 4.88 Å². The summed E-state index contributed by atoms with van der Waals surface area (Å²) in [6, 6.07) is 6.19. The molecule has 4 nitrogen and oxygen atoms in total. The molecule has 0 bridgehead atoms. The predicted molar refractivity (Wildman–Crippen MR) is 81.8 cm³/mol. The average Bonchev–Trinajstić information content (AvgIpc) is 2.94. The summed E-state index contributed by atoms with van der Waals surface area (Å²) < 4.78 is 3.00. The number of hydrogen-bond acceptors (Lipinski definition) is 4. The topological polar surface area (TPSA) is 42.2 Å². The summed E-state index contributed by atoms with van der Waals surface area (Å²) in [5.74, 6) is 0.972. The van der Waals surface area contributed by atoms with Gasteiger partial charge in [-0.05, 0) is 41.9 Å². The predicted octanol–water partition coefficient (Wildman–Crippen LogP) is 3.78. The summed E-state index contributed by atoms with van der Waals surface area (Å²) in [6.45, 7) is 4.81. The van der Waals surface area contributed by atoms with Gasteiger partial charge in [0.1, 0.15) is 5.82 Å². The second-order valence-corrected chi connectivity index (χ2v) is 6.95. The maximum atomic E-state index is 4.51. The van der Waals surface area contributed by atoms with Gasteiger partial charge in [-0.2, -0.15) is 9.61 Å². The van der Waals surface area contributed by atoms with Gasteiger partial charge < -0.3 is 5.32 Å². The molecule has 0 aliphatic rings. The third kappa shape index (κ3) is 2.50. The zero-order valence-corrected chi connectivity index (χ0v) is 13.0. The van der Waals surface area contributed by atoms with Crippen molar-refractivity contribution in [3.05, 3.63) is 44.3 Å². The molecule has 3 aromatic rings. The van der Waals surface area contributed by atoms with Gasteiger partial charge in [-0.1, -0.05) is 0 Å². The van der Waals surface area contributed by atoms with Crippen molar-refractivity contribution in [3.8, 4) is 0 Å². The van der Waals surface area contributed by atoms with Crippen LogP contribution in [-0.2, 0) is 6.54 Å².